The van der Waals surface area contributed by atoms with E-state index in [1.807, 2.05) is 0 Å². The minimum Gasteiger partial charge on any atom is -0.506 e. The van der Waals surface area contributed by atoms with E-state index in [0.29, 0.717) is 17.9 Å². The number of phenols is 1. The first-order chi connectivity index (χ1) is 13.5. The molecule has 2 fully saturated rings. The molecule has 0 aliphatic carbocycles. The lowest BCUT2D eigenvalue weighted by Crippen LogP contribution is -2.36. The quantitative estimate of drug-likeness (QED) is 0.692. The predicted molar refractivity (Wildman–Crippen MR) is 102 cm³/mol. The van der Waals surface area contributed by atoms with E-state index in [1.54, 1.807) is 12.4 Å². The second kappa shape index (κ2) is 7.88. The number of carbonyl (C=O) groups is 1. The van der Waals surface area contributed by atoms with Gasteiger partial charge in [-0.05, 0) is 49.4 Å². The second-order valence-corrected chi connectivity index (χ2v) is 8.38. The zero-order chi connectivity index (χ0) is 19.7. The van der Waals surface area contributed by atoms with Crippen LogP contribution in [0, 0.1) is 11.7 Å². The smallest absolute Gasteiger partial charge is 0.253 e. The van der Waals surface area contributed by atoms with Crippen molar-refractivity contribution in [1.29, 1.82) is 0 Å². The van der Waals surface area contributed by atoms with Gasteiger partial charge in [0.1, 0.15) is 23.8 Å². The molecule has 150 valence electrons. The van der Waals surface area contributed by atoms with E-state index in [9.17, 15) is 18.5 Å². The number of hydrogen-bond acceptors (Lipinski definition) is 5. The highest BCUT2D eigenvalue weighted by Crippen LogP contribution is 2.35. The summed E-state index contributed by atoms with van der Waals surface area (Å²) in [6.45, 7) is 2.38. The highest BCUT2D eigenvalue weighted by Gasteiger charge is 2.31. The Morgan fingerprint density at radius 1 is 1.39 bits per heavy atom. The topological polar surface area (TPSA) is 102 Å². The van der Waals surface area contributed by atoms with E-state index in [-0.39, 0.29) is 18.0 Å². The Morgan fingerprint density at radius 2 is 2.25 bits per heavy atom. The average Bonchev–Trinajstić information content (AvgIpc) is 3.24. The van der Waals surface area contributed by atoms with E-state index >= 15 is 0 Å². The number of rotatable bonds is 5. The Kier molecular flexibility index (Phi) is 5.31. The number of likely N-dealkylation sites (tertiary alicyclic amines) is 1. The van der Waals surface area contributed by atoms with Crippen LogP contribution in [0.25, 0.3) is 0 Å². The van der Waals surface area contributed by atoms with Gasteiger partial charge in [0.2, 0.25) is 11.2 Å². The number of nitrogens with zero attached hydrogens (tertiary/aromatic N) is 3. The summed E-state index contributed by atoms with van der Waals surface area (Å²) in [5.74, 6) is -0.181. The van der Waals surface area contributed by atoms with Gasteiger partial charge in [-0.1, -0.05) is 0 Å². The van der Waals surface area contributed by atoms with E-state index in [1.165, 1.54) is 12.1 Å². The fourth-order valence-electron chi connectivity index (χ4n) is 3.93. The third kappa shape index (κ3) is 4.02. The summed E-state index contributed by atoms with van der Waals surface area (Å²) in [7, 11) is 0. The average molecular weight is 407 g/mol. The van der Waals surface area contributed by atoms with Crippen LogP contribution < -0.4 is 9.03 Å². The van der Waals surface area contributed by atoms with Crippen molar-refractivity contribution in [2.75, 3.05) is 23.9 Å². The molecular weight excluding hydrogens is 385 g/mol. The van der Waals surface area contributed by atoms with Crippen LogP contribution in [0.4, 0.5) is 10.1 Å². The summed E-state index contributed by atoms with van der Waals surface area (Å²) in [5, 5.41) is 10.3. The van der Waals surface area contributed by atoms with Crippen LogP contribution in [0.1, 0.15) is 24.2 Å². The number of benzene rings is 1. The number of hydrogen-bond donors (Lipinski definition) is 3. The first-order valence-corrected chi connectivity index (χ1v) is 10.3. The van der Waals surface area contributed by atoms with Gasteiger partial charge in [-0.15, -0.1) is 0 Å². The summed E-state index contributed by atoms with van der Waals surface area (Å²) in [5.41, 5.74) is 0.483. The predicted octanol–water partition coefficient (Wildman–Crippen LogP) is 1.22. The number of aromatic nitrogens is 2. The maximum absolute atomic E-state index is 14.6. The van der Waals surface area contributed by atoms with E-state index in [4.69, 9.17) is 0 Å². The number of piperidine rings is 1. The van der Waals surface area contributed by atoms with Gasteiger partial charge in [0, 0.05) is 18.9 Å². The Morgan fingerprint density at radius 3 is 2.93 bits per heavy atom. The Labute approximate surface area is 164 Å². The Bertz CT molecular complexity index is 868. The lowest BCUT2D eigenvalue weighted by molar-refractivity contribution is -0.117. The van der Waals surface area contributed by atoms with Gasteiger partial charge in [-0.25, -0.2) is 13.6 Å². The zero-order valence-corrected chi connectivity index (χ0v) is 16.0. The van der Waals surface area contributed by atoms with Crippen molar-refractivity contribution < 1.29 is 18.5 Å². The van der Waals surface area contributed by atoms with Crippen molar-refractivity contribution in [3.63, 3.8) is 0 Å². The van der Waals surface area contributed by atoms with Crippen LogP contribution in [-0.2, 0) is 28.9 Å². The van der Waals surface area contributed by atoms with Gasteiger partial charge in [0.25, 0.3) is 5.91 Å². The molecule has 1 aromatic heterocycles. The van der Waals surface area contributed by atoms with E-state index < -0.39 is 22.9 Å². The number of carbonyl (C=O) groups excluding carboxylic acids is 1. The number of aromatic hydroxyl groups is 1. The van der Waals surface area contributed by atoms with Crippen LogP contribution in [-0.4, -0.2) is 49.7 Å². The summed E-state index contributed by atoms with van der Waals surface area (Å²) >= 11 is -1.88. The molecule has 4 rings (SSSR count). The molecule has 3 N–H and O–H groups in total. The minimum absolute atomic E-state index is 0.205. The standard InChI is InChI=1S/C18H22FN5O3S/c19-14-7-13(8-15(25)18(14)24-11-17(26)22-28(24)27)6-12-2-1-5-23(9-12)10-16-20-3-4-21-16/h3-4,7-8,12,25H,1-2,5-6,9-11H2,(H,20,21)(H,22,26). The molecule has 8 nitrogen and oxygen atoms in total. The monoisotopic (exact) mass is 407 g/mol. The van der Waals surface area contributed by atoms with Crippen molar-refractivity contribution in [3.8, 4) is 5.75 Å². The summed E-state index contributed by atoms with van der Waals surface area (Å²) in [6, 6.07) is 2.87. The molecule has 2 aromatic rings. The third-order valence-corrected chi connectivity index (χ3v) is 6.21. The van der Waals surface area contributed by atoms with Crippen molar-refractivity contribution in [3.05, 3.63) is 41.7 Å². The summed E-state index contributed by atoms with van der Waals surface area (Å²) < 4.78 is 29.7. The van der Waals surface area contributed by atoms with Gasteiger partial charge in [0.05, 0.1) is 6.54 Å². The number of anilines is 1. The van der Waals surface area contributed by atoms with Gasteiger partial charge in [0.15, 0.2) is 5.82 Å². The van der Waals surface area contributed by atoms with E-state index in [0.717, 1.165) is 42.6 Å². The van der Waals surface area contributed by atoms with Crippen molar-refractivity contribution in [2.45, 2.75) is 25.8 Å². The highest BCUT2D eigenvalue weighted by molar-refractivity contribution is 7.85. The molecule has 0 radical (unpaired) electrons. The molecule has 0 spiro atoms. The molecule has 10 heteroatoms. The summed E-state index contributed by atoms with van der Waals surface area (Å²) in [6.07, 6.45) is 6.27. The zero-order valence-electron chi connectivity index (χ0n) is 15.2. The van der Waals surface area contributed by atoms with Gasteiger partial charge in [-0.2, -0.15) is 0 Å². The van der Waals surface area contributed by atoms with Crippen LogP contribution in [0.3, 0.4) is 0 Å². The Balaban J connectivity index is 1.45. The molecule has 1 amide bonds. The summed E-state index contributed by atoms with van der Waals surface area (Å²) in [4.78, 5) is 21.1. The molecule has 2 atom stereocenters. The second-order valence-electron chi connectivity index (χ2n) is 7.24. The molecule has 2 aliphatic rings. The molecule has 2 saturated heterocycles. The normalized spacial score (nSPS) is 23.2. The number of phenolic OH excluding ortho intramolecular Hbond substituents is 1. The third-order valence-electron chi connectivity index (χ3n) is 5.10. The number of halogens is 1. The molecular formula is C18H22FN5O3S. The maximum atomic E-state index is 14.6. The van der Waals surface area contributed by atoms with Gasteiger partial charge in [-0.3, -0.25) is 18.7 Å². The highest BCUT2D eigenvalue weighted by atomic mass is 32.2. The van der Waals surface area contributed by atoms with E-state index in [2.05, 4.69) is 19.6 Å². The van der Waals surface area contributed by atoms with Crippen molar-refractivity contribution in [2.24, 2.45) is 5.92 Å². The van der Waals surface area contributed by atoms with Crippen molar-refractivity contribution in [1.82, 2.24) is 19.6 Å². The molecule has 0 saturated carbocycles. The van der Waals surface area contributed by atoms with Crippen molar-refractivity contribution >= 4 is 22.8 Å². The number of nitrogens with one attached hydrogen (secondary N) is 2. The molecule has 3 heterocycles. The molecule has 28 heavy (non-hydrogen) atoms. The number of aromatic amines is 1. The van der Waals surface area contributed by atoms with Crippen LogP contribution in [0.2, 0.25) is 0 Å². The van der Waals surface area contributed by atoms with Crippen LogP contribution in [0.5, 0.6) is 5.75 Å². The number of H-pyrrole nitrogens is 1. The van der Waals surface area contributed by atoms with Gasteiger partial charge < -0.3 is 10.1 Å². The molecule has 1 aromatic carbocycles. The number of imidazole rings is 1. The molecule has 2 aliphatic heterocycles. The fourth-order valence-corrected chi connectivity index (χ4v) is 4.88. The first-order valence-electron chi connectivity index (χ1n) is 9.20. The maximum Gasteiger partial charge on any atom is 0.253 e. The fraction of sp³-hybridized carbons (Fsp3) is 0.444. The largest absolute Gasteiger partial charge is 0.506 e. The van der Waals surface area contributed by atoms with Crippen LogP contribution in [0.15, 0.2) is 24.5 Å². The molecule has 2 unspecified atom stereocenters. The first kappa shape index (κ1) is 18.9. The number of amides is 1. The van der Waals surface area contributed by atoms with Gasteiger partial charge >= 0.3 is 0 Å². The van der Waals surface area contributed by atoms with Crippen LogP contribution >= 0.6 is 0 Å². The lowest BCUT2D eigenvalue weighted by atomic mass is 9.91. The Hall–Kier alpha value is -2.46. The SMILES string of the molecule is O=C1CN(c2c(O)cc(CC3CCCN(Cc4ncc[nH]4)C3)cc2F)S(=O)N1. The minimum atomic E-state index is -1.88. The lowest BCUT2D eigenvalue weighted by Gasteiger charge is -2.32. The molecule has 0 bridgehead atoms.